The summed E-state index contributed by atoms with van der Waals surface area (Å²) in [6.07, 6.45) is 1.88. The molecule has 0 aliphatic rings. The van der Waals surface area contributed by atoms with Gasteiger partial charge in [-0.3, -0.25) is 9.48 Å². The monoisotopic (exact) mass is 529 g/mol. The summed E-state index contributed by atoms with van der Waals surface area (Å²) in [5.41, 5.74) is 4.26. The molecular weight excluding hydrogens is 502 g/mol. The zero-order valence-corrected chi connectivity index (χ0v) is 22.4. The van der Waals surface area contributed by atoms with Gasteiger partial charge in [0.1, 0.15) is 22.4 Å². The molecule has 9 heteroatoms. The summed E-state index contributed by atoms with van der Waals surface area (Å²) in [5.74, 6) is 1.75. The molecule has 8 nitrogen and oxygen atoms in total. The molecule has 2 aromatic carbocycles. The van der Waals surface area contributed by atoms with Crippen molar-refractivity contribution < 1.29 is 14.1 Å². The van der Waals surface area contributed by atoms with Gasteiger partial charge in [-0.25, -0.2) is 4.98 Å². The van der Waals surface area contributed by atoms with Crippen LogP contribution in [0.5, 0.6) is 5.75 Å². The summed E-state index contributed by atoms with van der Waals surface area (Å²) in [5, 5.41) is 12.8. The average molecular weight is 530 g/mol. The van der Waals surface area contributed by atoms with Crippen LogP contribution in [0.2, 0.25) is 5.15 Å². The molecular formula is C29H28ClN5O3. The van der Waals surface area contributed by atoms with Crippen molar-refractivity contribution in [1.82, 2.24) is 19.9 Å². The first-order chi connectivity index (χ1) is 18.2. The lowest BCUT2D eigenvalue weighted by Gasteiger charge is -2.12. The number of aromatic nitrogens is 4. The van der Waals surface area contributed by atoms with Crippen LogP contribution in [0.4, 0.5) is 5.82 Å². The maximum absolute atomic E-state index is 12.6. The predicted molar refractivity (Wildman–Crippen MR) is 148 cm³/mol. The van der Waals surface area contributed by atoms with Crippen LogP contribution in [0.1, 0.15) is 37.7 Å². The van der Waals surface area contributed by atoms with E-state index in [0.717, 1.165) is 39.0 Å². The van der Waals surface area contributed by atoms with Gasteiger partial charge >= 0.3 is 0 Å². The van der Waals surface area contributed by atoms with Gasteiger partial charge in [0.15, 0.2) is 5.82 Å². The molecule has 0 radical (unpaired) electrons. The molecule has 5 aromatic rings. The van der Waals surface area contributed by atoms with Crippen molar-refractivity contribution >= 4 is 34.2 Å². The lowest BCUT2D eigenvalue weighted by molar-refractivity contribution is -0.115. The average Bonchev–Trinajstić information content (AvgIpc) is 3.51. The number of halogens is 1. The summed E-state index contributed by atoms with van der Waals surface area (Å²) in [6.45, 7) is 6.64. The summed E-state index contributed by atoms with van der Waals surface area (Å²) in [6, 6.07) is 19.3. The van der Waals surface area contributed by atoms with E-state index in [1.54, 1.807) is 19.4 Å². The van der Waals surface area contributed by atoms with Crippen LogP contribution in [-0.2, 0) is 23.2 Å². The van der Waals surface area contributed by atoms with Crippen molar-refractivity contribution in [1.29, 1.82) is 0 Å². The molecule has 0 aliphatic heterocycles. The Morgan fingerprint density at radius 1 is 1.05 bits per heavy atom. The zero-order chi connectivity index (χ0) is 26.9. The summed E-state index contributed by atoms with van der Waals surface area (Å²) >= 11 is 6.53. The van der Waals surface area contributed by atoms with E-state index in [-0.39, 0.29) is 17.7 Å². The molecule has 0 unspecified atom stereocenters. The highest BCUT2D eigenvalue weighted by atomic mass is 35.5. The number of fused-ring (bicyclic) bond motifs is 1. The van der Waals surface area contributed by atoms with Crippen LogP contribution < -0.4 is 10.1 Å². The van der Waals surface area contributed by atoms with Crippen molar-refractivity contribution in [2.45, 2.75) is 39.2 Å². The topological polar surface area (TPSA) is 95.1 Å². The first kappa shape index (κ1) is 25.5. The van der Waals surface area contributed by atoms with Crippen LogP contribution >= 0.6 is 11.6 Å². The number of carbonyl (C=O) groups excluding carboxylic acids is 1. The van der Waals surface area contributed by atoms with E-state index in [1.807, 2.05) is 80.1 Å². The summed E-state index contributed by atoms with van der Waals surface area (Å²) in [4.78, 5) is 16.9. The number of benzene rings is 2. The SMILES string of the molecule is COc1ccc(Cn2nc(-c3ccc(CC(=O)Nc4cc(C(C)(C)C)on4)cc3)c3c(Cl)nccc32)cc1. The summed E-state index contributed by atoms with van der Waals surface area (Å²) < 4.78 is 12.5. The summed E-state index contributed by atoms with van der Waals surface area (Å²) in [7, 11) is 1.65. The predicted octanol–water partition coefficient (Wildman–Crippen LogP) is 6.28. The molecule has 0 saturated carbocycles. The molecule has 1 N–H and O–H groups in total. The Morgan fingerprint density at radius 2 is 1.76 bits per heavy atom. The van der Waals surface area contributed by atoms with Gasteiger partial charge in [-0.2, -0.15) is 5.10 Å². The van der Waals surface area contributed by atoms with Gasteiger partial charge in [0.25, 0.3) is 0 Å². The first-order valence-corrected chi connectivity index (χ1v) is 12.6. The van der Waals surface area contributed by atoms with Crippen molar-refractivity contribution in [2.75, 3.05) is 12.4 Å². The van der Waals surface area contributed by atoms with Crippen LogP contribution in [0.15, 0.2) is 71.4 Å². The maximum Gasteiger partial charge on any atom is 0.230 e. The lowest BCUT2D eigenvalue weighted by Crippen LogP contribution is -2.14. The Bertz CT molecular complexity index is 1580. The van der Waals surface area contributed by atoms with Crippen LogP contribution in [0, 0.1) is 0 Å². The largest absolute Gasteiger partial charge is 0.497 e. The molecule has 0 saturated heterocycles. The van der Waals surface area contributed by atoms with E-state index in [2.05, 4.69) is 15.5 Å². The number of nitrogens with one attached hydrogen (secondary N) is 1. The number of hydrogen-bond acceptors (Lipinski definition) is 6. The highest BCUT2D eigenvalue weighted by Gasteiger charge is 2.21. The fourth-order valence-electron chi connectivity index (χ4n) is 4.15. The van der Waals surface area contributed by atoms with E-state index >= 15 is 0 Å². The van der Waals surface area contributed by atoms with Gasteiger partial charge < -0.3 is 14.6 Å². The Labute approximate surface area is 225 Å². The molecule has 194 valence electrons. The Balaban J connectivity index is 1.35. The third kappa shape index (κ3) is 5.40. The number of amides is 1. The van der Waals surface area contributed by atoms with E-state index in [4.69, 9.17) is 26.0 Å². The van der Waals surface area contributed by atoms with Crippen LogP contribution in [-0.4, -0.2) is 32.9 Å². The minimum absolute atomic E-state index is 0.173. The van der Waals surface area contributed by atoms with Crippen molar-refractivity contribution in [2.24, 2.45) is 0 Å². The molecule has 1 amide bonds. The molecule has 0 aliphatic carbocycles. The third-order valence-electron chi connectivity index (χ3n) is 6.22. The smallest absolute Gasteiger partial charge is 0.230 e. The number of anilines is 1. The molecule has 38 heavy (non-hydrogen) atoms. The highest BCUT2D eigenvalue weighted by Crippen LogP contribution is 2.33. The molecule has 5 rings (SSSR count). The number of hydrogen-bond donors (Lipinski definition) is 1. The van der Waals surface area contributed by atoms with Gasteiger partial charge in [0, 0.05) is 23.2 Å². The third-order valence-corrected chi connectivity index (χ3v) is 6.51. The molecule has 3 aromatic heterocycles. The van der Waals surface area contributed by atoms with E-state index in [0.29, 0.717) is 23.3 Å². The standard InChI is InChI=1S/C29H28ClN5O3/c1-29(2,3)23-16-24(34-38-23)32-25(36)15-18-5-9-20(10-6-18)27-26-22(13-14-31-28(26)30)35(33-27)17-19-7-11-21(37-4)12-8-19/h5-14,16H,15,17H2,1-4H3,(H,32,34,36). The zero-order valence-electron chi connectivity index (χ0n) is 21.7. The van der Waals surface area contributed by atoms with Crippen LogP contribution in [0.25, 0.3) is 22.2 Å². The second-order valence-electron chi connectivity index (χ2n) is 10.1. The van der Waals surface area contributed by atoms with Crippen molar-refractivity contribution in [3.05, 3.63) is 88.9 Å². The highest BCUT2D eigenvalue weighted by molar-refractivity contribution is 6.35. The normalized spacial score (nSPS) is 11.6. The molecule has 0 bridgehead atoms. The fourth-order valence-corrected chi connectivity index (χ4v) is 4.40. The number of ether oxygens (including phenoxy) is 1. The Kier molecular flexibility index (Phi) is 6.91. The lowest BCUT2D eigenvalue weighted by atomic mass is 9.93. The maximum atomic E-state index is 12.6. The fraction of sp³-hybridized carbons (Fsp3) is 0.241. The number of carbonyl (C=O) groups is 1. The Hall–Kier alpha value is -4.17. The Morgan fingerprint density at radius 3 is 2.42 bits per heavy atom. The number of pyridine rings is 1. The van der Waals surface area contributed by atoms with Crippen LogP contribution in [0.3, 0.4) is 0 Å². The van der Waals surface area contributed by atoms with E-state index < -0.39 is 0 Å². The second kappa shape index (κ2) is 10.3. The van der Waals surface area contributed by atoms with Gasteiger partial charge in [-0.05, 0) is 29.3 Å². The number of rotatable bonds is 7. The first-order valence-electron chi connectivity index (χ1n) is 12.2. The molecule has 0 fully saturated rings. The van der Waals surface area contributed by atoms with Gasteiger partial charge in [-0.1, -0.05) is 73.9 Å². The van der Waals surface area contributed by atoms with E-state index in [9.17, 15) is 4.79 Å². The molecule has 0 atom stereocenters. The van der Waals surface area contributed by atoms with E-state index in [1.165, 1.54) is 0 Å². The molecule has 3 heterocycles. The minimum atomic E-state index is -0.184. The molecule has 0 spiro atoms. The van der Waals surface area contributed by atoms with Gasteiger partial charge in [0.05, 0.1) is 31.0 Å². The van der Waals surface area contributed by atoms with Gasteiger partial charge in [-0.15, -0.1) is 0 Å². The quantitative estimate of drug-likeness (QED) is 0.249. The second-order valence-corrected chi connectivity index (χ2v) is 10.5. The minimum Gasteiger partial charge on any atom is -0.497 e. The number of methoxy groups -OCH3 is 1. The van der Waals surface area contributed by atoms with Crippen molar-refractivity contribution in [3.63, 3.8) is 0 Å². The van der Waals surface area contributed by atoms with Crippen molar-refractivity contribution in [3.8, 4) is 17.0 Å². The number of nitrogens with zero attached hydrogens (tertiary/aromatic N) is 4. The van der Waals surface area contributed by atoms with Gasteiger partial charge in [0.2, 0.25) is 5.91 Å².